The summed E-state index contributed by atoms with van der Waals surface area (Å²) in [6.45, 7) is 0. The highest BCUT2D eigenvalue weighted by Gasteiger charge is 2.18. The molecule has 2 rings (SSSR count). The number of phenolic OH excluding ortho intramolecular Hbond substituents is 1. The van der Waals surface area contributed by atoms with Gasteiger partial charge in [-0.2, -0.15) is 4.39 Å². The van der Waals surface area contributed by atoms with Gasteiger partial charge in [0.25, 0.3) is 0 Å². The van der Waals surface area contributed by atoms with Crippen LogP contribution >= 0.6 is 15.9 Å². The molecule has 0 bridgehead atoms. The van der Waals surface area contributed by atoms with Crippen LogP contribution in [0.1, 0.15) is 0 Å². The van der Waals surface area contributed by atoms with E-state index in [1.54, 1.807) is 12.1 Å². The highest BCUT2D eigenvalue weighted by Crippen LogP contribution is 2.36. The third-order valence-corrected chi connectivity index (χ3v) is 2.50. The lowest BCUT2D eigenvalue weighted by Gasteiger charge is -2.05. The van der Waals surface area contributed by atoms with E-state index in [0.717, 1.165) is 0 Å². The van der Waals surface area contributed by atoms with Gasteiger partial charge in [-0.3, -0.25) is 0 Å². The smallest absolute Gasteiger partial charge is 0.202 e. The summed E-state index contributed by atoms with van der Waals surface area (Å²) in [7, 11) is 0. The van der Waals surface area contributed by atoms with E-state index in [0.29, 0.717) is 0 Å². The quantitative estimate of drug-likeness (QED) is 0.805. The van der Waals surface area contributed by atoms with E-state index < -0.39 is 17.4 Å². The van der Waals surface area contributed by atoms with Crippen LogP contribution in [0.2, 0.25) is 0 Å². The first-order valence-electron chi connectivity index (χ1n) is 4.01. The lowest BCUT2D eigenvalue weighted by molar-refractivity contribution is 0.405. The number of hydrogen-bond donors (Lipinski definition) is 1. The number of halogens is 3. The van der Waals surface area contributed by atoms with Crippen molar-refractivity contribution >= 4 is 15.9 Å². The van der Waals surface area contributed by atoms with Crippen LogP contribution in [0.25, 0.3) is 11.3 Å². The van der Waals surface area contributed by atoms with Gasteiger partial charge < -0.3 is 9.52 Å². The topological polar surface area (TPSA) is 33.4 Å². The fraction of sp³-hybridized carbons (Fsp3) is 0. The molecule has 0 aliphatic heterocycles. The number of rotatable bonds is 1. The van der Waals surface area contributed by atoms with Crippen molar-refractivity contribution in [1.29, 1.82) is 0 Å². The van der Waals surface area contributed by atoms with Crippen molar-refractivity contribution in [2.45, 2.75) is 0 Å². The van der Waals surface area contributed by atoms with Crippen LogP contribution in [-0.2, 0) is 0 Å². The van der Waals surface area contributed by atoms with Crippen LogP contribution in [-0.4, -0.2) is 5.11 Å². The number of phenols is 1. The van der Waals surface area contributed by atoms with Crippen molar-refractivity contribution in [3.63, 3.8) is 0 Å². The molecule has 15 heavy (non-hydrogen) atoms. The highest BCUT2D eigenvalue weighted by atomic mass is 79.9. The van der Waals surface area contributed by atoms with E-state index in [-0.39, 0.29) is 15.8 Å². The van der Waals surface area contributed by atoms with Gasteiger partial charge in [0.15, 0.2) is 11.6 Å². The Morgan fingerprint density at radius 1 is 1.27 bits per heavy atom. The first kappa shape index (κ1) is 10.2. The molecule has 1 heterocycles. The minimum atomic E-state index is -1.30. The SMILES string of the molecule is Oc1c(-c2ccco2)cc(Br)c(F)c1F. The summed E-state index contributed by atoms with van der Waals surface area (Å²) in [5.41, 5.74) is 0.103. The molecule has 5 heteroatoms. The molecule has 1 N–H and O–H groups in total. The molecular weight excluding hydrogens is 270 g/mol. The minimum absolute atomic E-state index is 0.0656. The summed E-state index contributed by atoms with van der Waals surface area (Å²) < 4.78 is 31.1. The second kappa shape index (κ2) is 3.66. The maximum atomic E-state index is 13.1. The van der Waals surface area contributed by atoms with E-state index in [9.17, 15) is 13.9 Å². The number of hydrogen-bond acceptors (Lipinski definition) is 2. The van der Waals surface area contributed by atoms with E-state index in [4.69, 9.17) is 4.42 Å². The Labute approximate surface area is 92.3 Å². The van der Waals surface area contributed by atoms with Crippen LogP contribution in [0.5, 0.6) is 5.75 Å². The molecular formula is C10H5BrF2O2. The summed E-state index contributed by atoms with van der Waals surface area (Å²) in [4.78, 5) is 0. The third-order valence-electron chi connectivity index (χ3n) is 1.92. The van der Waals surface area contributed by atoms with Gasteiger partial charge in [0.1, 0.15) is 5.76 Å². The Hall–Kier alpha value is -1.36. The third kappa shape index (κ3) is 1.63. The summed E-state index contributed by atoms with van der Waals surface area (Å²) in [5, 5.41) is 9.38. The molecule has 1 aromatic carbocycles. The molecule has 0 aliphatic rings. The van der Waals surface area contributed by atoms with Crippen LogP contribution in [0.3, 0.4) is 0 Å². The number of benzene rings is 1. The maximum absolute atomic E-state index is 13.1. The standard InChI is InChI=1S/C10H5BrF2O2/c11-6-4-5(7-2-1-3-15-7)10(14)9(13)8(6)12/h1-4,14H. The van der Waals surface area contributed by atoms with E-state index >= 15 is 0 Å². The second-order valence-corrected chi connectivity index (χ2v) is 3.71. The van der Waals surface area contributed by atoms with E-state index in [2.05, 4.69) is 15.9 Å². The van der Waals surface area contributed by atoms with Crippen molar-refractivity contribution in [3.8, 4) is 17.1 Å². The number of furan rings is 1. The molecule has 78 valence electrons. The lowest BCUT2D eigenvalue weighted by Crippen LogP contribution is -1.89. The molecule has 1 aromatic heterocycles. The van der Waals surface area contributed by atoms with E-state index in [1.165, 1.54) is 12.3 Å². The van der Waals surface area contributed by atoms with Crippen LogP contribution in [0, 0.1) is 11.6 Å². The van der Waals surface area contributed by atoms with Gasteiger partial charge in [0.2, 0.25) is 5.82 Å². The Kier molecular flexibility index (Phi) is 2.48. The Balaban J connectivity index is 2.69. The molecule has 0 radical (unpaired) electrons. The molecule has 0 saturated carbocycles. The largest absolute Gasteiger partial charge is 0.504 e. The summed E-state index contributed by atoms with van der Waals surface area (Å²) in [6.07, 6.45) is 1.38. The molecule has 0 amide bonds. The van der Waals surface area contributed by atoms with Crippen molar-refractivity contribution in [1.82, 2.24) is 0 Å². The fourth-order valence-corrected chi connectivity index (χ4v) is 1.61. The van der Waals surface area contributed by atoms with Gasteiger partial charge in [0, 0.05) is 0 Å². The molecule has 0 spiro atoms. The predicted molar refractivity (Wildman–Crippen MR) is 53.4 cm³/mol. The maximum Gasteiger partial charge on any atom is 0.202 e. The first-order valence-corrected chi connectivity index (χ1v) is 4.81. The second-order valence-electron chi connectivity index (χ2n) is 2.86. The Morgan fingerprint density at radius 2 is 2.00 bits per heavy atom. The fourth-order valence-electron chi connectivity index (χ4n) is 1.21. The summed E-state index contributed by atoms with van der Waals surface area (Å²) in [5.74, 6) is -2.91. The molecule has 0 fully saturated rings. The van der Waals surface area contributed by atoms with Crippen LogP contribution < -0.4 is 0 Å². The molecule has 2 nitrogen and oxygen atoms in total. The molecule has 0 unspecified atom stereocenters. The lowest BCUT2D eigenvalue weighted by atomic mass is 10.1. The summed E-state index contributed by atoms with van der Waals surface area (Å²) in [6, 6.07) is 4.38. The zero-order chi connectivity index (χ0) is 11.0. The molecule has 2 aromatic rings. The Morgan fingerprint density at radius 3 is 2.60 bits per heavy atom. The van der Waals surface area contributed by atoms with Gasteiger partial charge in [-0.15, -0.1) is 0 Å². The Bertz CT molecular complexity index is 495. The van der Waals surface area contributed by atoms with E-state index in [1.807, 2.05) is 0 Å². The number of aromatic hydroxyl groups is 1. The van der Waals surface area contributed by atoms with Crippen molar-refractivity contribution in [2.75, 3.05) is 0 Å². The van der Waals surface area contributed by atoms with Crippen molar-refractivity contribution < 1.29 is 18.3 Å². The average Bonchev–Trinajstić information content (AvgIpc) is 2.73. The molecule has 0 atom stereocenters. The van der Waals surface area contributed by atoms with Gasteiger partial charge in [-0.25, -0.2) is 4.39 Å². The molecule has 0 aliphatic carbocycles. The van der Waals surface area contributed by atoms with Crippen LogP contribution in [0.15, 0.2) is 33.4 Å². The first-order chi connectivity index (χ1) is 7.11. The van der Waals surface area contributed by atoms with Gasteiger partial charge >= 0.3 is 0 Å². The monoisotopic (exact) mass is 274 g/mol. The van der Waals surface area contributed by atoms with Gasteiger partial charge in [-0.1, -0.05) is 0 Å². The van der Waals surface area contributed by atoms with Crippen molar-refractivity contribution in [2.24, 2.45) is 0 Å². The predicted octanol–water partition coefficient (Wildman–Crippen LogP) is 3.69. The highest BCUT2D eigenvalue weighted by molar-refractivity contribution is 9.10. The van der Waals surface area contributed by atoms with Crippen molar-refractivity contribution in [3.05, 3.63) is 40.6 Å². The zero-order valence-electron chi connectivity index (χ0n) is 7.30. The normalized spacial score (nSPS) is 10.6. The van der Waals surface area contributed by atoms with Crippen LogP contribution in [0.4, 0.5) is 8.78 Å². The summed E-state index contributed by atoms with van der Waals surface area (Å²) >= 11 is 2.85. The van der Waals surface area contributed by atoms with Gasteiger partial charge in [-0.05, 0) is 34.1 Å². The average molecular weight is 275 g/mol. The molecule has 0 saturated heterocycles. The van der Waals surface area contributed by atoms with Gasteiger partial charge in [0.05, 0.1) is 16.3 Å². The minimum Gasteiger partial charge on any atom is -0.504 e. The zero-order valence-corrected chi connectivity index (χ0v) is 8.88.